The molecule has 0 heterocycles. The van der Waals surface area contributed by atoms with Crippen LogP contribution in [0, 0.1) is 0 Å². The Labute approximate surface area is 190 Å². The Hall–Kier alpha value is -3.00. The summed E-state index contributed by atoms with van der Waals surface area (Å²) in [5.74, 6) is -0.162. The molecule has 3 aromatic rings. The number of rotatable bonds is 9. The molecule has 0 aliphatic heterocycles. The van der Waals surface area contributed by atoms with Gasteiger partial charge in [0.1, 0.15) is 0 Å². The average Bonchev–Trinajstić information content (AvgIpc) is 2.78. The Kier molecular flexibility index (Phi) is 7.80. The molecule has 0 bridgehead atoms. The zero-order valence-corrected chi connectivity index (χ0v) is 19.5. The zero-order chi connectivity index (χ0) is 23.1. The highest BCUT2D eigenvalue weighted by Gasteiger charge is 2.20. The summed E-state index contributed by atoms with van der Waals surface area (Å²) < 4.78 is 26.2. The molecule has 32 heavy (non-hydrogen) atoms. The van der Waals surface area contributed by atoms with Crippen molar-refractivity contribution in [3.8, 4) is 11.1 Å². The highest BCUT2D eigenvalue weighted by atomic mass is 32.2. The second-order valence-electron chi connectivity index (χ2n) is 7.91. The van der Waals surface area contributed by atoms with Crippen molar-refractivity contribution < 1.29 is 13.2 Å². The van der Waals surface area contributed by atoms with Crippen molar-refractivity contribution in [3.05, 3.63) is 90.0 Å². The molecule has 0 fully saturated rings. The lowest BCUT2D eigenvalue weighted by atomic mass is 10.0. The molecule has 0 spiro atoms. The number of carbonyl (C=O) groups excluding carboxylic acids is 1. The number of benzene rings is 3. The monoisotopic (exact) mass is 451 g/mol. The van der Waals surface area contributed by atoms with Crippen LogP contribution in [0.2, 0.25) is 0 Å². The van der Waals surface area contributed by atoms with Crippen molar-refractivity contribution >= 4 is 15.9 Å². The van der Waals surface area contributed by atoms with E-state index in [0.29, 0.717) is 12.1 Å². The van der Waals surface area contributed by atoms with Gasteiger partial charge in [0.15, 0.2) is 0 Å². The van der Waals surface area contributed by atoms with Crippen LogP contribution in [0.1, 0.15) is 11.1 Å². The molecule has 0 unspecified atom stereocenters. The van der Waals surface area contributed by atoms with Crippen LogP contribution in [0.5, 0.6) is 0 Å². The molecule has 6 nitrogen and oxygen atoms in total. The van der Waals surface area contributed by atoms with Crippen molar-refractivity contribution in [1.29, 1.82) is 0 Å². The van der Waals surface area contributed by atoms with Crippen molar-refractivity contribution in [2.24, 2.45) is 0 Å². The van der Waals surface area contributed by atoms with E-state index in [4.69, 9.17) is 0 Å². The Balaban J connectivity index is 1.55. The quantitative estimate of drug-likeness (QED) is 0.542. The van der Waals surface area contributed by atoms with Gasteiger partial charge in [0.05, 0.1) is 11.4 Å². The molecule has 0 aromatic heterocycles. The third-order valence-electron chi connectivity index (χ3n) is 5.13. The Morgan fingerprint density at radius 2 is 1.41 bits per heavy atom. The van der Waals surface area contributed by atoms with Gasteiger partial charge in [-0.15, -0.1) is 0 Å². The maximum Gasteiger partial charge on any atom is 0.242 e. The lowest BCUT2D eigenvalue weighted by molar-refractivity contribution is -0.122. The van der Waals surface area contributed by atoms with Gasteiger partial charge < -0.3 is 5.32 Å². The Bertz CT molecular complexity index is 1140. The summed E-state index contributed by atoms with van der Waals surface area (Å²) in [4.78, 5) is 14.6. The largest absolute Gasteiger partial charge is 0.351 e. The fourth-order valence-electron chi connectivity index (χ4n) is 3.39. The summed E-state index contributed by atoms with van der Waals surface area (Å²) in [6.07, 6.45) is 0. The normalized spacial score (nSPS) is 11.7. The number of hydrogen-bond acceptors (Lipinski definition) is 4. The van der Waals surface area contributed by atoms with Crippen LogP contribution < -0.4 is 5.32 Å². The van der Waals surface area contributed by atoms with E-state index < -0.39 is 10.0 Å². The number of amides is 1. The van der Waals surface area contributed by atoms with Crippen LogP contribution in [0.15, 0.2) is 83.8 Å². The van der Waals surface area contributed by atoms with Crippen LogP contribution in [0.3, 0.4) is 0 Å². The second-order valence-corrected chi connectivity index (χ2v) is 10.0. The predicted molar refractivity (Wildman–Crippen MR) is 127 cm³/mol. The van der Waals surface area contributed by atoms with Crippen molar-refractivity contribution in [2.75, 3.05) is 27.7 Å². The SMILES string of the molecule is CN(CC(=O)NCc1ccccc1S(=O)(=O)N(C)C)Cc1ccc(-c2ccccc2)cc1. The molecule has 0 atom stereocenters. The van der Waals surface area contributed by atoms with Crippen LogP contribution in [-0.4, -0.2) is 51.2 Å². The molecule has 3 aromatic carbocycles. The van der Waals surface area contributed by atoms with Gasteiger partial charge >= 0.3 is 0 Å². The zero-order valence-electron chi connectivity index (χ0n) is 18.7. The van der Waals surface area contributed by atoms with Crippen molar-refractivity contribution in [1.82, 2.24) is 14.5 Å². The van der Waals surface area contributed by atoms with E-state index in [2.05, 4.69) is 41.7 Å². The van der Waals surface area contributed by atoms with E-state index in [1.54, 1.807) is 24.3 Å². The molecule has 0 radical (unpaired) electrons. The highest BCUT2D eigenvalue weighted by Crippen LogP contribution is 2.20. The van der Waals surface area contributed by atoms with E-state index in [1.165, 1.54) is 24.0 Å². The maximum absolute atomic E-state index is 12.5. The maximum atomic E-state index is 12.5. The van der Waals surface area contributed by atoms with Crippen LogP contribution in [-0.2, 0) is 27.9 Å². The first-order chi connectivity index (χ1) is 15.3. The summed E-state index contributed by atoms with van der Waals surface area (Å²) in [6.45, 7) is 0.999. The number of nitrogens with zero attached hydrogens (tertiary/aromatic N) is 2. The third-order valence-corrected chi connectivity index (χ3v) is 7.05. The Morgan fingerprint density at radius 1 is 0.812 bits per heavy atom. The molecule has 0 aliphatic rings. The number of carbonyl (C=O) groups is 1. The van der Waals surface area contributed by atoms with E-state index in [0.717, 1.165) is 11.1 Å². The average molecular weight is 452 g/mol. The van der Waals surface area contributed by atoms with E-state index in [1.807, 2.05) is 30.1 Å². The van der Waals surface area contributed by atoms with Crippen LogP contribution >= 0.6 is 0 Å². The van der Waals surface area contributed by atoms with Gasteiger partial charge in [0, 0.05) is 27.2 Å². The smallest absolute Gasteiger partial charge is 0.242 e. The lowest BCUT2D eigenvalue weighted by Crippen LogP contribution is -2.35. The van der Waals surface area contributed by atoms with Gasteiger partial charge in [-0.05, 0) is 35.4 Å². The van der Waals surface area contributed by atoms with Crippen LogP contribution in [0.4, 0.5) is 0 Å². The van der Waals surface area contributed by atoms with Crippen LogP contribution in [0.25, 0.3) is 11.1 Å². The Morgan fingerprint density at radius 3 is 2.06 bits per heavy atom. The fraction of sp³-hybridized carbons (Fsp3) is 0.240. The fourth-order valence-corrected chi connectivity index (χ4v) is 4.51. The predicted octanol–water partition coefficient (Wildman–Crippen LogP) is 3.35. The first kappa shape index (κ1) is 23.7. The van der Waals surface area contributed by atoms with Gasteiger partial charge in [-0.25, -0.2) is 12.7 Å². The number of nitrogens with one attached hydrogen (secondary N) is 1. The van der Waals surface area contributed by atoms with Gasteiger partial charge in [-0.3, -0.25) is 9.69 Å². The minimum absolute atomic E-state index is 0.154. The van der Waals surface area contributed by atoms with Crippen molar-refractivity contribution in [2.45, 2.75) is 18.0 Å². The van der Waals surface area contributed by atoms with Gasteiger partial charge in [0.2, 0.25) is 15.9 Å². The standard InChI is InChI=1S/C25H29N3O3S/c1-27(2)32(30,31)24-12-8-7-11-23(24)17-26-25(29)19-28(3)18-20-13-15-22(16-14-20)21-9-5-4-6-10-21/h4-16H,17-19H2,1-3H3,(H,26,29). The highest BCUT2D eigenvalue weighted by molar-refractivity contribution is 7.89. The first-order valence-electron chi connectivity index (χ1n) is 10.4. The molecule has 168 valence electrons. The third kappa shape index (κ3) is 6.03. The minimum Gasteiger partial charge on any atom is -0.351 e. The molecule has 0 aliphatic carbocycles. The minimum atomic E-state index is -3.57. The van der Waals surface area contributed by atoms with E-state index in [-0.39, 0.29) is 23.9 Å². The molecule has 0 saturated carbocycles. The van der Waals surface area contributed by atoms with E-state index in [9.17, 15) is 13.2 Å². The molecule has 0 saturated heterocycles. The molecule has 7 heteroatoms. The number of likely N-dealkylation sites (N-methyl/N-ethyl adjacent to an activating group) is 1. The van der Waals surface area contributed by atoms with E-state index >= 15 is 0 Å². The summed E-state index contributed by atoms with van der Waals surface area (Å²) in [5, 5.41) is 2.83. The van der Waals surface area contributed by atoms with Gasteiger partial charge in [-0.2, -0.15) is 0 Å². The summed E-state index contributed by atoms with van der Waals surface area (Å²) in [7, 11) is 1.30. The van der Waals surface area contributed by atoms with Gasteiger partial charge in [-0.1, -0.05) is 72.8 Å². The molecule has 3 rings (SSSR count). The lowest BCUT2D eigenvalue weighted by Gasteiger charge is -2.18. The van der Waals surface area contributed by atoms with Crippen molar-refractivity contribution in [3.63, 3.8) is 0 Å². The molecule has 1 N–H and O–H groups in total. The van der Waals surface area contributed by atoms with Gasteiger partial charge in [0.25, 0.3) is 0 Å². The topological polar surface area (TPSA) is 69.7 Å². The molecular formula is C25H29N3O3S. The molecular weight excluding hydrogens is 422 g/mol. The summed E-state index contributed by atoms with van der Waals surface area (Å²) >= 11 is 0. The molecule has 1 amide bonds. The first-order valence-corrected chi connectivity index (χ1v) is 11.8. The number of sulfonamides is 1. The number of hydrogen-bond donors (Lipinski definition) is 1. The second kappa shape index (κ2) is 10.5. The summed E-state index contributed by atoms with van der Waals surface area (Å²) in [5.41, 5.74) is 4.00. The summed E-state index contributed by atoms with van der Waals surface area (Å²) in [6, 6.07) is 25.2.